The van der Waals surface area contributed by atoms with Crippen LogP contribution in [0.1, 0.15) is 17.4 Å². The van der Waals surface area contributed by atoms with Crippen LogP contribution in [0.15, 0.2) is 96.9 Å². The molecule has 6 nitrogen and oxygen atoms in total. The fraction of sp³-hybridized carbons (Fsp3) is 0.133. The normalized spacial score (nSPS) is 14.1. The lowest BCUT2D eigenvalue weighted by Gasteiger charge is -2.14. The third-order valence-corrected chi connectivity index (χ3v) is 7.20. The largest absolute Gasteiger partial charge is 0.419 e. The molecule has 1 aromatic heterocycles. The number of ether oxygens (including phenoxy) is 1. The van der Waals surface area contributed by atoms with Gasteiger partial charge in [-0.15, -0.1) is 11.3 Å². The maximum atomic E-state index is 15.0. The van der Waals surface area contributed by atoms with Crippen LogP contribution in [0.25, 0.3) is 21.6 Å². The molecule has 0 atom stereocenters. The molecule has 2 N–H and O–H groups in total. The van der Waals surface area contributed by atoms with Crippen molar-refractivity contribution in [3.63, 3.8) is 0 Å². The summed E-state index contributed by atoms with van der Waals surface area (Å²) < 4.78 is 20.2. The van der Waals surface area contributed by atoms with Crippen molar-refractivity contribution < 1.29 is 18.7 Å². The number of cyclic esters (lactones) is 1. The number of nitrogens with one attached hydrogen (secondary N) is 2. The molecule has 5 rings (SSSR count). The van der Waals surface area contributed by atoms with Crippen LogP contribution in [0.4, 0.5) is 14.9 Å². The van der Waals surface area contributed by atoms with Crippen molar-refractivity contribution in [3.05, 3.63) is 113 Å². The molecule has 4 aromatic rings. The number of amides is 2. The van der Waals surface area contributed by atoms with Crippen LogP contribution in [0.2, 0.25) is 0 Å². The Morgan fingerprint density at radius 2 is 1.79 bits per heavy atom. The molecule has 38 heavy (non-hydrogen) atoms. The van der Waals surface area contributed by atoms with Crippen LogP contribution in [0.5, 0.6) is 0 Å². The van der Waals surface area contributed by atoms with Gasteiger partial charge in [0.2, 0.25) is 5.91 Å². The summed E-state index contributed by atoms with van der Waals surface area (Å²) in [7, 11) is 0. The predicted molar refractivity (Wildman–Crippen MR) is 148 cm³/mol. The van der Waals surface area contributed by atoms with E-state index in [1.807, 2.05) is 42.5 Å². The first kappa shape index (κ1) is 25.4. The Kier molecular flexibility index (Phi) is 7.62. The van der Waals surface area contributed by atoms with E-state index in [4.69, 9.17) is 4.74 Å². The minimum atomic E-state index is -0.621. The zero-order valence-corrected chi connectivity index (χ0v) is 21.6. The molecule has 1 aliphatic rings. The van der Waals surface area contributed by atoms with Crippen LogP contribution in [-0.2, 0) is 22.6 Å². The van der Waals surface area contributed by atoms with Crippen LogP contribution in [0.3, 0.4) is 0 Å². The van der Waals surface area contributed by atoms with E-state index in [-0.39, 0.29) is 18.2 Å². The number of hydrogen-bond donors (Lipinski definition) is 2. The Morgan fingerprint density at radius 3 is 2.53 bits per heavy atom. The zero-order chi connectivity index (χ0) is 26.5. The van der Waals surface area contributed by atoms with Gasteiger partial charge in [0.15, 0.2) is 0 Å². The predicted octanol–water partition coefficient (Wildman–Crippen LogP) is 6.45. The second-order valence-electron chi connectivity index (χ2n) is 8.86. The fourth-order valence-corrected chi connectivity index (χ4v) is 5.13. The number of thiophene rings is 1. The molecule has 192 valence electrons. The number of halogens is 1. The Balaban J connectivity index is 1.18. The fourth-order valence-electron chi connectivity index (χ4n) is 4.14. The van der Waals surface area contributed by atoms with E-state index in [1.54, 1.807) is 23.5 Å². The van der Waals surface area contributed by atoms with Crippen molar-refractivity contribution in [3.8, 4) is 21.6 Å². The number of hydrogen-bond acceptors (Lipinski definition) is 5. The van der Waals surface area contributed by atoms with Gasteiger partial charge in [0.1, 0.15) is 11.6 Å². The highest BCUT2D eigenvalue weighted by molar-refractivity contribution is 7.15. The Bertz CT molecular complexity index is 1480. The quantitative estimate of drug-likeness (QED) is 0.277. The van der Waals surface area contributed by atoms with Gasteiger partial charge in [-0.2, -0.15) is 0 Å². The number of nitrogens with zero attached hydrogens (tertiary/aromatic N) is 1. The molecule has 2 heterocycles. The Hall–Kier alpha value is -4.27. The minimum absolute atomic E-state index is 0.110. The summed E-state index contributed by atoms with van der Waals surface area (Å²) in [6.07, 6.45) is 0.716. The van der Waals surface area contributed by atoms with Crippen molar-refractivity contribution in [2.75, 3.05) is 11.4 Å². The van der Waals surface area contributed by atoms with Gasteiger partial charge in [-0.3, -0.25) is 9.69 Å². The maximum absolute atomic E-state index is 15.0. The molecular formula is C30H26FN3O3S. The van der Waals surface area contributed by atoms with Crippen LogP contribution >= 0.6 is 11.3 Å². The minimum Gasteiger partial charge on any atom is -0.411 e. The van der Waals surface area contributed by atoms with E-state index < -0.39 is 11.9 Å². The first-order chi connectivity index (χ1) is 18.5. The molecule has 3 aromatic carbocycles. The van der Waals surface area contributed by atoms with Crippen LogP contribution in [-0.4, -0.2) is 18.5 Å². The van der Waals surface area contributed by atoms with Gasteiger partial charge >= 0.3 is 6.09 Å². The number of carbonyl (C=O) groups is 2. The molecular weight excluding hydrogens is 501 g/mol. The maximum Gasteiger partial charge on any atom is 0.419 e. The lowest BCUT2D eigenvalue weighted by Crippen LogP contribution is -2.23. The topological polar surface area (TPSA) is 70.7 Å². The highest BCUT2D eigenvalue weighted by Crippen LogP contribution is 2.30. The Labute approximate surface area is 224 Å². The monoisotopic (exact) mass is 527 g/mol. The SMILES string of the molecule is CC(=O)N/C=C1\CN(c2ccc(-c3ccc(CNCc4ccc(-c5ccccc5)s4)cc3)c(F)c2)C(=O)O1. The summed E-state index contributed by atoms with van der Waals surface area (Å²) in [5.41, 5.74) is 3.90. The van der Waals surface area contributed by atoms with Gasteiger partial charge in [0, 0.05) is 41.5 Å². The molecule has 0 radical (unpaired) electrons. The number of carbonyl (C=O) groups excluding carboxylic acids is 2. The summed E-state index contributed by atoms with van der Waals surface area (Å²) in [6.45, 7) is 2.94. The van der Waals surface area contributed by atoms with Crippen LogP contribution < -0.4 is 15.5 Å². The lowest BCUT2D eigenvalue weighted by molar-refractivity contribution is -0.118. The van der Waals surface area contributed by atoms with Crippen molar-refractivity contribution in [1.29, 1.82) is 0 Å². The average molecular weight is 528 g/mol. The average Bonchev–Trinajstić information content (AvgIpc) is 3.55. The molecule has 0 aliphatic carbocycles. The zero-order valence-electron chi connectivity index (χ0n) is 20.7. The van der Waals surface area contributed by atoms with Gasteiger partial charge in [-0.1, -0.05) is 54.6 Å². The first-order valence-corrected chi connectivity index (χ1v) is 13.0. The van der Waals surface area contributed by atoms with Crippen molar-refractivity contribution >= 4 is 29.0 Å². The molecule has 0 unspecified atom stereocenters. The van der Waals surface area contributed by atoms with Crippen molar-refractivity contribution in [2.45, 2.75) is 20.0 Å². The van der Waals surface area contributed by atoms with Crippen molar-refractivity contribution in [2.24, 2.45) is 0 Å². The molecule has 2 amide bonds. The molecule has 0 spiro atoms. The summed E-state index contributed by atoms with van der Waals surface area (Å²) in [6, 6.07) is 27.1. The van der Waals surface area contributed by atoms with Crippen LogP contribution in [0, 0.1) is 5.82 Å². The second-order valence-corrected chi connectivity index (χ2v) is 10.0. The second kappa shape index (κ2) is 11.4. The van der Waals surface area contributed by atoms with Gasteiger partial charge in [0.25, 0.3) is 0 Å². The molecule has 1 fully saturated rings. The van der Waals surface area contributed by atoms with E-state index in [2.05, 4.69) is 34.9 Å². The molecule has 0 saturated carbocycles. The third kappa shape index (κ3) is 5.99. The smallest absolute Gasteiger partial charge is 0.411 e. The number of benzene rings is 3. The third-order valence-electron chi connectivity index (χ3n) is 6.07. The number of anilines is 1. The highest BCUT2D eigenvalue weighted by atomic mass is 32.1. The summed E-state index contributed by atoms with van der Waals surface area (Å²) in [5, 5.41) is 5.95. The van der Waals surface area contributed by atoms with E-state index in [1.165, 1.54) is 39.4 Å². The van der Waals surface area contributed by atoms with E-state index in [0.29, 0.717) is 17.8 Å². The van der Waals surface area contributed by atoms with E-state index >= 15 is 4.39 Å². The summed E-state index contributed by atoms with van der Waals surface area (Å²) in [4.78, 5) is 27.1. The van der Waals surface area contributed by atoms with E-state index in [9.17, 15) is 9.59 Å². The van der Waals surface area contributed by atoms with Gasteiger partial charge in [-0.25, -0.2) is 9.18 Å². The van der Waals surface area contributed by atoms with Gasteiger partial charge in [-0.05, 0) is 47.0 Å². The molecule has 0 bridgehead atoms. The molecule has 1 aliphatic heterocycles. The highest BCUT2D eigenvalue weighted by Gasteiger charge is 2.29. The molecule has 8 heteroatoms. The van der Waals surface area contributed by atoms with E-state index in [0.717, 1.165) is 17.7 Å². The van der Waals surface area contributed by atoms with Gasteiger partial charge in [0.05, 0.1) is 12.2 Å². The standard InChI is InChI=1S/C30H26FN3O3S/c1-20(35)33-17-25-19-34(30(36)37-25)24-11-13-27(28(31)15-24)22-9-7-21(8-10-22)16-32-18-26-12-14-29(38-26)23-5-3-2-4-6-23/h2-15,17,32H,16,18-19H2,1H3,(H,33,35)/b25-17+. The summed E-state index contributed by atoms with van der Waals surface area (Å²) in [5.74, 6) is -0.425. The van der Waals surface area contributed by atoms with Gasteiger partial charge < -0.3 is 15.4 Å². The molecule has 1 saturated heterocycles. The van der Waals surface area contributed by atoms with Crippen molar-refractivity contribution in [1.82, 2.24) is 10.6 Å². The number of rotatable bonds is 8. The Morgan fingerprint density at radius 1 is 1.00 bits per heavy atom. The first-order valence-electron chi connectivity index (χ1n) is 12.2. The lowest BCUT2D eigenvalue weighted by atomic mass is 10.0. The summed E-state index contributed by atoms with van der Waals surface area (Å²) >= 11 is 1.78.